The van der Waals surface area contributed by atoms with Crippen molar-refractivity contribution in [1.29, 1.82) is 0 Å². The van der Waals surface area contributed by atoms with Gasteiger partial charge in [0.2, 0.25) is 11.8 Å². The highest BCUT2D eigenvalue weighted by Gasteiger charge is 2.45. The van der Waals surface area contributed by atoms with Crippen LogP contribution in [0.5, 0.6) is 0 Å². The Hall–Kier alpha value is -3.56. The zero-order valence-electron chi connectivity index (χ0n) is 39.4. The van der Waals surface area contributed by atoms with E-state index < -0.39 is 60.6 Å². The van der Waals surface area contributed by atoms with Gasteiger partial charge in [-0.15, -0.1) is 0 Å². The molecule has 11 nitrogen and oxygen atoms in total. The lowest BCUT2D eigenvalue weighted by atomic mass is 9.98. The van der Waals surface area contributed by atoms with E-state index in [4.69, 9.17) is 9.47 Å². The van der Waals surface area contributed by atoms with E-state index in [-0.39, 0.29) is 37.8 Å². The van der Waals surface area contributed by atoms with Crippen molar-refractivity contribution in [3.8, 4) is 0 Å². The number of amides is 2. The predicted molar refractivity (Wildman–Crippen MR) is 255 cm³/mol. The number of aliphatic hydroxyl groups excluding tert-OH is 5. The first-order chi connectivity index (χ1) is 32.0. The van der Waals surface area contributed by atoms with Gasteiger partial charge >= 0.3 is 0 Å². The zero-order chi connectivity index (χ0) is 47.5. The van der Waals surface area contributed by atoms with E-state index >= 15 is 0 Å². The molecule has 3 aromatic rings. The molecule has 1 heterocycles. The molecule has 0 spiro atoms. The molecule has 8 atom stereocenters. The summed E-state index contributed by atoms with van der Waals surface area (Å²) in [7, 11) is 0. The summed E-state index contributed by atoms with van der Waals surface area (Å²) in [5.41, 5.74) is 1.59. The minimum absolute atomic E-state index is 0.0749. The van der Waals surface area contributed by atoms with Gasteiger partial charge in [0.15, 0.2) is 17.9 Å². The third-order valence-corrected chi connectivity index (χ3v) is 12.9. The molecule has 0 radical (unpaired) electrons. The average molecular weight is 927 g/mol. The lowest BCUT2D eigenvalue weighted by Crippen LogP contribution is -2.61. The van der Waals surface area contributed by atoms with Crippen LogP contribution in [0.15, 0.2) is 60.7 Å². The molecule has 1 aliphatic heterocycles. The number of fused-ring (bicyclic) bond motifs is 1. The Bertz CT molecular complexity index is 1820. The summed E-state index contributed by atoms with van der Waals surface area (Å²) in [6.07, 6.45) is 12.5. The Labute approximate surface area is 392 Å². The smallest absolute Gasteiger partial charge is 0.224 e. The lowest BCUT2D eigenvalue weighted by molar-refractivity contribution is -0.297. The highest BCUT2D eigenvalue weighted by atomic mass is 19.2. The monoisotopic (exact) mass is 927 g/mol. The van der Waals surface area contributed by atoms with Gasteiger partial charge in [0.25, 0.3) is 0 Å². The minimum atomic E-state index is -1.68. The quantitative estimate of drug-likeness (QED) is 0.0289. The third kappa shape index (κ3) is 20.3. The molecular formula is C53H80F2N2O9. The number of rotatable bonds is 34. The number of hydrogen-bond acceptors (Lipinski definition) is 9. The van der Waals surface area contributed by atoms with E-state index in [1.165, 1.54) is 57.4 Å². The molecule has 13 heteroatoms. The summed E-state index contributed by atoms with van der Waals surface area (Å²) in [6.45, 7) is 1.67. The number of hydrogen-bond donors (Lipinski definition) is 7. The lowest BCUT2D eigenvalue weighted by Gasteiger charge is -2.41. The van der Waals surface area contributed by atoms with Gasteiger partial charge in [-0.1, -0.05) is 171 Å². The molecule has 0 bridgehead atoms. The van der Waals surface area contributed by atoms with E-state index in [0.29, 0.717) is 25.7 Å². The van der Waals surface area contributed by atoms with E-state index in [1.54, 1.807) is 6.07 Å². The molecule has 66 heavy (non-hydrogen) atoms. The maximum atomic E-state index is 13.5. The van der Waals surface area contributed by atoms with Crippen LogP contribution in [0.3, 0.4) is 0 Å². The Morgan fingerprint density at radius 2 is 1.24 bits per heavy atom. The molecule has 3 aromatic carbocycles. The van der Waals surface area contributed by atoms with Crippen LogP contribution in [0.4, 0.5) is 8.78 Å². The van der Waals surface area contributed by atoms with Gasteiger partial charge in [-0.25, -0.2) is 8.78 Å². The first-order valence-electron chi connectivity index (χ1n) is 25.1. The normalized spacial score (nSPS) is 20.0. The number of ether oxygens (including phenoxy) is 2. The van der Waals surface area contributed by atoms with Crippen molar-refractivity contribution < 1.29 is 53.4 Å². The maximum absolute atomic E-state index is 13.5. The zero-order valence-corrected chi connectivity index (χ0v) is 39.4. The number of halogens is 2. The first-order valence-corrected chi connectivity index (χ1v) is 25.1. The molecule has 4 rings (SSSR count). The van der Waals surface area contributed by atoms with Gasteiger partial charge in [0.1, 0.15) is 30.5 Å². The van der Waals surface area contributed by atoms with Gasteiger partial charge in [-0.05, 0) is 59.7 Å². The standard InChI is InChI=1S/C53H80F2N2O9/c1-2-3-4-5-6-7-8-9-10-14-17-20-27-45(58)49(61)44(57-47(59)28-21-18-15-12-11-13-16-19-24-38-30-32-42(54)43(55)34-38)37-65-53-52(64)51(63)50(62)46(66-53)36-56-48(60)35-39-29-31-40-25-22-23-26-41(40)33-39/h22-23,25-26,29-34,44-46,49-53,58,61-64H,2-21,24,27-28,35-37H2,1H3,(H,56,60)(H,57,59)/t44-,45+,46+,49-,50-,51-,52+,53-/m0/s1. The molecule has 370 valence electrons. The molecule has 0 saturated carbocycles. The maximum Gasteiger partial charge on any atom is 0.224 e. The van der Waals surface area contributed by atoms with Crippen LogP contribution in [-0.2, 0) is 31.9 Å². The van der Waals surface area contributed by atoms with E-state index in [1.807, 2.05) is 42.5 Å². The summed E-state index contributed by atoms with van der Waals surface area (Å²) in [4.78, 5) is 26.1. The second-order valence-corrected chi connectivity index (χ2v) is 18.5. The second-order valence-electron chi connectivity index (χ2n) is 18.5. The summed E-state index contributed by atoms with van der Waals surface area (Å²) in [5.74, 6) is -2.31. The van der Waals surface area contributed by atoms with Crippen LogP contribution < -0.4 is 10.6 Å². The van der Waals surface area contributed by atoms with Crippen LogP contribution in [0, 0.1) is 11.6 Å². The Morgan fingerprint density at radius 1 is 0.652 bits per heavy atom. The Balaban J connectivity index is 1.22. The van der Waals surface area contributed by atoms with E-state index in [2.05, 4.69) is 17.6 Å². The van der Waals surface area contributed by atoms with Gasteiger partial charge in [-0.3, -0.25) is 9.59 Å². The van der Waals surface area contributed by atoms with Crippen LogP contribution in [0.1, 0.15) is 159 Å². The molecule has 0 aliphatic carbocycles. The van der Waals surface area contributed by atoms with Crippen molar-refractivity contribution in [2.24, 2.45) is 0 Å². The van der Waals surface area contributed by atoms with Crippen LogP contribution >= 0.6 is 0 Å². The SMILES string of the molecule is CCCCCCCCCCCCCC[C@@H](O)[C@@H](O)[C@H](CO[C@H]1O[C@H](CNC(=O)Cc2ccc3ccccc3c2)[C@H](O)[C@H](O)[C@H]1O)NC(=O)CCCCCCCCCCc1ccc(F)c(F)c1. The van der Waals surface area contributed by atoms with Gasteiger partial charge in [0, 0.05) is 13.0 Å². The van der Waals surface area contributed by atoms with Crippen molar-refractivity contribution in [3.63, 3.8) is 0 Å². The second kappa shape index (κ2) is 31.5. The first kappa shape index (κ1) is 55.0. The molecule has 0 unspecified atom stereocenters. The highest BCUT2D eigenvalue weighted by molar-refractivity contribution is 5.85. The summed E-state index contributed by atoms with van der Waals surface area (Å²) < 4.78 is 38.4. The average Bonchev–Trinajstić information content (AvgIpc) is 3.31. The van der Waals surface area contributed by atoms with Crippen LogP contribution in [0.25, 0.3) is 10.8 Å². The number of aryl methyl sites for hydroxylation is 1. The summed E-state index contributed by atoms with van der Waals surface area (Å²) >= 11 is 0. The molecule has 1 fully saturated rings. The van der Waals surface area contributed by atoms with Gasteiger partial charge in [0.05, 0.1) is 25.2 Å². The molecule has 7 N–H and O–H groups in total. The largest absolute Gasteiger partial charge is 0.390 e. The molecule has 1 saturated heterocycles. The minimum Gasteiger partial charge on any atom is -0.390 e. The number of nitrogens with one attached hydrogen (secondary N) is 2. The van der Waals surface area contributed by atoms with Gasteiger partial charge in [-0.2, -0.15) is 0 Å². The van der Waals surface area contributed by atoms with Crippen LogP contribution in [-0.4, -0.2) is 99.5 Å². The summed E-state index contributed by atoms with van der Waals surface area (Å²) in [6, 6.07) is 16.5. The molecule has 0 aromatic heterocycles. The molecule has 1 aliphatic rings. The topological polar surface area (TPSA) is 178 Å². The van der Waals surface area contributed by atoms with Crippen molar-refractivity contribution in [3.05, 3.63) is 83.4 Å². The number of aliphatic hydroxyl groups is 5. The number of unbranched alkanes of at least 4 members (excludes halogenated alkanes) is 18. The summed E-state index contributed by atoms with van der Waals surface area (Å²) in [5, 5.41) is 62.4. The van der Waals surface area contributed by atoms with Crippen molar-refractivity contribution in [2.75, 3.05) is 13.2 Å². The van der Waals surface area contributed by atoms with E-state index in [0.717, 1.165) is 92.2 Å². The van der Waals surface area contributed by atoms with Crippen LogP contribution in [0.2, 0.25) is 0 Å². The number of benzene rings is 3. The Morgan fingerprint density at radius 3 is 1.89 bits per heavy atom. The fraction of sp³-hybridized carbons (Fsp3) is 0.660. The predicted octanol–water partition coefficient (Wildman–Crippen LogP) is 8.65. The number of carbonyl (C=O) groups excluding carboxylic acids is 2. The fourth-order valence-corrected chi connectivity index (χ4v) is 8.74. The third-order valence-electron chi connectivity index (χ3n) is 12.9. The fourth-order valence-electron chi connectivity index (χ4n) is 8.74. The van der Waals surface area contributed by atoms with Crippen molar-refractivity contribution >= 4 is 22.6 Å². The molecule has 2 amide bonds. The highest BCUT2D eigenvalue weighted by Crippen LogP contribution is 2.24. The van der Waals surface area contributed by atoms with Gasteiger partial charge < -0.3 is 45.6 Å². The van der Waals surface area contributed by atoms with Crippen molar-refractivity contribution in [1.82, 2.24) is 10.6 Å². The Kier molecular flexibility index (Phi) is 26.3. The molecular weight excluding hydrogens is 847 g/mol. The van der Waals surface area contributed by atoms with E-state index in [9.17, 15) is 43.9 Å². The number of carbonyl (C=O) groups is 2. The van der Waals surface area contributed by atoms with Crippen molar-refractivity contribution in [2.45, 2.75) is 210 Å².